The first kappa shape index (κ1) is 8.73. The zero-order chi connectivity index (χ0) is 9.26. The second-order valence-corrected chi connectivity index (χ2v) is 4.03. The molecule has 3 heteroatoms. The molecule has 1 atom stereocenters. The van der Waals surface area contributed by atoms with Crippen molar-refractivity contribution in [2.45, 2.75) is 45.1 Å². The van der Waals surface area contributed by atoms with Crippen LogP contribution in [-0.2, 0) is 4.79 Å². The molecule has 0 aromatic carbocycles. The third kappa shape index (κ3) is 1.60. The Bertz CT molecular complexity index is 231. The van der Waals surface area contributed by atoms with Gasteiger partial charge in [0.15, 0.2) is 0 Å². The topological polar surface area (TPSA) is 32.7 Å². The number of hydrogen-bond donors (Lipinski definition) is 0. The van der Waals surface area contributed by atoms with Gasteiger partial charge in [0.2, 0.25) is 0 Å². The zero-order valence-corrected chi connectivity index (χ0v) is 8.07. The maximum Gasteiger partial charge on any atom is 0.251 e. The summed E-state index contributed by atoms with van der Waals surface area (Å²) in [6.45, 7) is 1.91. The molecule has 0 N–H and O–H groups in total. The van der Waals surface area contributed by atoms with Gasteiger partial charge < -0.3 is 0 Å². The molecule has 0 aromatic rings. The highest BCUT2D eigenvalue weighted by Crippen LogP contribution is 2.25. The summed E-state index contributed by atoms with van der Waals surface area (Å²) >= 11 is 0. The summed E-state index contributed by atoms with van der Waals surface area (Å²) in [6.07, 6.45) is 7.84. The van der Waals surface area contributed by atoms with Crippen molar-refractivity contribution in [3.05, 3.63) is 0 Å². The predicted molar refractivity (Wildman–Crippen MR) is 51.4 cm³/mol. The van der Waals surface area contributed by atoms with Crippen LogP contribution in [0.2, 0.25) is 0 Å². The Kier molecular flexibility index (Phi) is 2.34. The number of hydrazone groups is 1. The van der Waals surface area contributed by atoms with Crippen LogP contribution in [0.15, 0.2) is 5.10 Å². The molecule has 0 saturated heterocycles. The maximum atomic E-state index is 11.6. The quantitative estimate of drug-likeness (QED) is 0.605. The first-order chi connectivity index (χ1) is 6.29. The molecule has 72 valence electrons. The molecule has 1 saturated carbocycles. The van der Waals surface area contributed by atoms with E-state index < -0.39 is 0 Å². The van der Waals surface area contributed by atoms with E-state index in [9.17, 15) is 4.79 Å². The third-order valence-electron chi connectivity index (χ3n) is 2.95. The molecule has 1 aliphatic heterocycles. The average molecular weight is 180 g/mol. The van der Waals surface area contributed by atoms with Gasteiger partial charge in [0, 0.05) is 6.21 Å². The fourth-order valence-electron chi connectivity index (χ4n) is 2.10. The van der Waals surface area contributed by atoms with Crippen LogP contribution in [-0.4, -0.2) is 23.2 Å². The van der Waals surface area contributed by atoms with Crippen molar-refractivity contribution in [3.8, 4) is 0 Å². The average Bonchev–Trinajstić information content (AvgIpc) is 2.49. The molecule has 0 bridgehead atoms. The lowest BCUT2D eigenvalue weighted by Crippen LogP contribution is -2.36. The number of hydrogen-bond acceptors (Lipinski definition) is 2. The highest BCUT2D eigenvalue weighted by atomic mass is 16.2. The Balaban J connectivity index is 2.00. The highest BCUT2D eigenvalue weighted by molar-refractivity contribution is 5.96. The third-order valence-corrected chi connectivity index (χ3v) is 2.95. The van der Waals surface area contributed by atoms with Crippen LogP contribution in [0.4, 0.5) is 0 Å². The van der Waals surface area contributed by atoms with E-state index in [-0.39, 0.29) is 11.8 Å². The Morgan fingerprint density at radius 2 is 2.08 bits per heavy atom. The monoisotopic (exact) mass is 180 g/mol. The zero-order valence-electron chi connectivity index (χ0n) is 8.07. The van der Waals surface area contributed by atoms with Gasteiger partial charge in [-0.25, -0.2) is 5.01 Å². The van der Waals surface area contributed by atoms with Crippen molar-refractivity contribution >= 4 is 12.1 Å². The molecular formula is C10H16N2O. The standard InChI is InChI=1S/C10H16N2O/c1-8-7-11-12(10(8)13)9-5-3-2-4-6-9/h7-9H,2-6H2,1H3. The smallest absolute Gasteiger partial charge is 0.251 e. The van der Waals surface area contributed by atoms with Crippen LogP contribution in [0.5, 0.6) is 0 Å². The Morgan fingerprint density at radius 3 is 2.62 bits per heavy atom. The number of amides is 1. The second-order valence-electron chi connectivity index (χ2n) is 4.03. The summed E-state index contributed by atoms with van der Waals surface area (Å²) < 4.78 is 0. The van der Waals surface area contributed by atoms with Crippen LogP contribution in [0.25, 0.3) is 0 Å². The molecule has 0 radical (unpaired) electrons. The molecular weight excluding hydrogens is 164 g/mol. The SMILES string of the molecule is CC1C=NN(C2CCCCC2)C1=O. The van der Waals surface area contributed by atoms with E-state index >= 15 is 0 Å². The number of carbonyl (C=O) groups is 1. The lowest BCUT2D eigenvalue weighted by Gasteiger charge is -2.28. The fraction of sp³-hybridized carbons (Fsp3) is 0.800. The van der Waals surface area contributed by atoms with Gasteiger partial charge in [-0.2, -0.15) is 5.10 Å². The van der Waals surface area contributed by atoms with E-state index in [2.05, 4.69) is 5.10 Å². The van der Waals surface area contributed by atoms with Gasteiger partial charge in [0.25, 0.3) is 5.91 Å². The van der Waals surface area contributed by atoms with Gasteiger partial charge in [-0.1, -0.05) is 19.3 Å². The van der Waals surface area contributed by atoms with Crippen molar-refractivity contribution in [1.82, 2.24) is 5.01 Å². The first-order valence-corrected chi connectivity index (χ1v) is 5.16. The summed E-state index contributed by atoms with van der Waals surface area (Å²) in [6, 6.07) is 0.391. The van der Waals surface area contributed by atoms with Crippen molar-refractivity contribution in [1.29, 1.82) is 0 Å². The minimum Gasteiger partial charge on any atom is -0.272 e. The van der Waals surface area contributed by atoms with E-state index in [0.717, 1.165) is 12.8 Å². The second kappa shape index (κ2) is 3.48. The molecule has 1 fully saturated rings. The summed E-state index contributed by atoms with van der Waals surface area (Å²) in [4.78, 5) is 11.6. The summed E-state index contributed by atoms with van der Waals surface area (Å²) in [5.41, 5.74) is 0. The van der Waals surface area contributed by atoms with Crippen LogP contribution < -0.4 is 0 Å². The number of rotatable bonds is 1. The molecule has 0 aromatic heterocycles. The minimum absolute atomic E-state index is 0.00178. The van der Waals surface area contributed by atoms with Crippen LogP contribution in [0.3, 0.4) is 0 Å². The van der Waals surface area contributed by atoms with Gasteiger partial charge in [0.1, 0.15) is 0 Å². The molecule has 3 nitrogen and oxygen atoms in total. The Labute approximate surface area is 78.8 Å². The van der Waals surface area contributed by atoms with Crippen molar-refractivity contribution in [2.75, 3.05) is 0 Å². The lowest BCUT2D eigenvalue weighted by atomic mass is 9.95. The Hall–Kier alpha value is -0.860. The Morgan fingerprint density at radius 1 is 1.38 bits per heavy atom. The van der Waals surface area contributed by atoms with Crippen molar-refractivity contribution < 1.29 is 4.79 Å². The molecule has 1 heterocycles. The predicted octanol–water partition coefficient (Wildman–Crippen LogP) is 1.78. The van der Waals surface area contributed by atoms with Gasteiger partial charge in [-0.15, -0.1) is 0 Å². The van der Waals surface area contributed by atoms with E-state index in [1.807, 2.05) is 6.92 Å². The van der Waals surface area contributed by atoms with Crippen LogP contribution >= 0.6 is 0 Å². The van der Waals surface area contributed by atoms with Crippen molar-refractivity contribution in [2.24, 2.45) is 11.0 Å². The molecule has 1 aliphatic carbocycles. The van der Waals surface area contributed by atoms with Crippen LogP contribution in [0, 0.1) is 5.92 Å². The van der Waals surface area contributed by atoms with Crippen molar-refractivity contribution in [3.63, 3.8) is 0 Å². The van der Waals surface area contributed by atoms with Crippen LogP contribution in [0.1, 0.15) is 39.0 Å². The molecule has 13 heavy (non-hydrogen) atoms. The van der Waals surface area contributed by atoms with E-state index in [1.54, 1.807) is 11.2 Å². The van der Waals surface area contributed by atoms with Gasteiger partial charge >= 0.3 is 0 Å². The molecule has 2 rings (SSSR count). The largest absolute Gasteiger partial charge is 0.272 e. The fourth-order valence-corrected chi connectivity index (χ4v) is 2.10. The number of nitrogens with zero attached hydrogens (tertiary/aromatic N) is 2. The van der Waals surface area contributed by atoms with E-state index in [4.69, 9.17) is 0 Å². The summed E-state index contributed by atoms with van der Waals surface area (Å²) in [5.74, 6) is 0.189. The maximum absolute atomic E-state index is 11.6. The van der Waals surface area contributed by atoms with E-state index in [0.29, 0.717) is 6.04 Å². The normalized spacial score (nSPS) is 30.1. The molecule has 0 spiro atoms. The summed E-state index contributed by atoms with van der Waals surface area (Å²) in [7, 11) is 0. The lowest BCUT2D eigenvalue weighted by molar-refractivity contribution is -0.134. The summed E-state index contributed by atoms with van der Waals surface area (Å²) in [5, 5.41) is 5.89. The number of carbonyl (C=O) groups excluding carboxylic acids is 1. The van der Waals surface area contributed by atoms with E-state index in [1.165, 1.54) is 19.3 Å². The van der Waals surface area contributed by atoms with Gasteiger partial charge in [-0.05, 0) is 19.8 Å². The molecule has 1 amide bonds. The van der Waals surface area contributed by atoms with Gasteiger partial charge in [0.05, 0.1) is 12.0 Å². The van der Waals surface area contributed by atoms with Gasteiger partial charge in [-0.3, -0.25) is 4.79 Å². The molecule has 2 aliphatic rings. The molecule has 1 unspecified atom stereocenters. The highest BCUT2D eigenvalue weighted by Gasteiger charge is 2.31. The first-order valence-electron chi connectivity index (χ1n) is 5.16. The minimum atomic E-state index is 0.00178.